The predicted molar refractivity (Wildman–Crippen MR) is 112 cm³/mol. The van der Waals surface area contributed by atoms with Gasteiger partial charge in [-0.1, -0.05) is 37.4 Å². The molecule has 1 radical (unpaired) electrons. The van der Waals surface area contributed by atoms with Gasteiger partial charge in [0.1, 0.15) is 31.3 Å². The van der Waals surface area contributed by atoms with Crippen molar-refractivity contribution in [2.75, 3.05) is 18.5 Å². The summed E-state index contributed by atoms with van der Waals surface area (Å²) in [5.74, 6) is 1.51. The molecule has 0 fully saturated rings. The first-order valence-corrected chi connectivity index (χ1v) is 9.17. The van der Waals surface area contributed by atoms with Gasteiger partial charge in [-0.25, -0.2) is 9.38 Å². The van der Waals surface area contributed by atoms with E-state index in [9.17, 15) is 4.39 Å². The van der Waals surface area contributed by atoms with Gasteiger partial charge in [0.25, 0.3) is 0 Å². The lowest BCUT2D eigenvalue weighted by Crippen LogP contribution is -2.35. The van der Waals surface area contributed by atoms with Gasteiger partial charge in [0.2, 0.25) is 0 Å². The molecular weight excluding hydrogens is 340 g/mol. The molecule has 6 heteroatoms. The SMILES string of the molecule is C[B]c1cc(OCCN)c2/c(c1)=C\N=C(Nc1cccc(F)c1)C(C)C\C=2. The zero-order valence-corrected chi connectivity index (χ0v) is 15.7. The number of nitrogens with two attached hydrogens (primary N) is 1. The minimum atomic E-state index is -0.273. The number of benzene rings is 2. The molecule has 0 amide bonds. The summed E-state index contributed by atoms with van der Waals surface area (Å²) in [5, 5.41) is 5.28. The summed E-state index contributed by atoms with van der Waals surface area (Å²) in [6.45, 7) is 5.02. The molecule has 139 valence electrons. The average Bonchev–Trinajstić information content (AvgIpc) is 2.66. The van der Waals surface area contributed by atoms with Crippen molar-refractivity contribution in [2.45, 2.75) is 20.2 Å². The number of fused-ring (bicyclic) bond motifs is 1. The van der Waals surface area contributed by atoms with E-state index in [0.29, 0.717) is 18.8 Å². The molecule has 0 spiro atoms. The van der Waals surface area contributed by atoms with E-state index in [4.69, 9.17) is 10.5 Å². The Morgan fingerprint density at radius 2 is 2.19 bits per heavy atom. The molecular formula is C21H24BFN3O. The summed E-state index contributed by atoms with van der Waals surface area (Å²) >= 11 is 0. The maximum Gasteiger partial charge on any atom is 0.148 e. The fourth-order valence-electron chi connectivity index (χ4n) is 2.99. The summed E-state index contributed by atoms with van der Waals surface area (Å²) in [4.78, 5) is 4.67. The minimum absolute atomic E-state index is 0.150. The van der Waals surface area contributed by atoms with Gasteiger partial charge in [0, 0.05) is 34.8 Å². The van der Waals surface area contributed by atoms with Crippen LogP contribution in [-0.2, 0) is 0 Å². The standard InChI is InChI=1S/C21H24BFN3O/c1-14-6-7-19-15(10-16(22-2)11-20(19)27-9-8-24)13-25-21(14)26-18-5-3-4-17(23)12-18/h3-5,7,10-14H,6,8-9,24H2,1-2H3,(H,25,26)/b15-13-,19-7+. The van der Waals surface area contributed by atoms with Crippen LogP contribution in [0.25, 0.3) is 12.3 Å². The predicted octanol–water partition coefficient (Wildman–Crippen LogP) is 1.61. The third-order valence-corrected chi connectivity index (χ3v) is 4.49. The highest BCUT2D eigenvalue weighted by atomic mass is 19.1. The van der Waals surface area contributed by atoms with Crippen molar-refractivity contribution in [2.24, 2.45) is 16.6 Å². The second kappa shape index (κ2) is 8.86. The second-order valence-electron chi connectivity index (χ2n) is 6.57. The third kappa shape index (κ3) is 4.77. The Hall–Kier alpha value is -2.60. The molecule has 0 bridgehead atoms. The van der Waals surface area contributed by atoms with Crippen molar-refractivity contribution in [3.63, 3.8) is 0 Å². The minimum Gasteiger partial charge on any atom is -0.492 e. The van der Waals surface area contributed by atoms with Gasteiger partial charge in [0.15, 0.2) is 0 Å². The van der Waals surface area contributed by atoms with Gasteiger partial charge in [-0.3, -0.25) is 0 Å². The first kappa shape index (κ1) is 19.2. The molecule has 1 aliphatic heterocycles. The number of nitrogens with one attached hydrogen (secondary N) is 1. The van der Waals surface area contributed by atoms with Crippen LogP contribution in [0.2, 0.25) is 6.82 Å². The molecule has 0 saturated carbocycles. The van der Waals surface area contributed by atoms with E-state index in [1.807, 2.05) is 32.4 Å². The lowest BCUT2D eigenvalue weighted by Gasteiger charge is -2.17. The molecule has 27 heavy (non-hydrogen) atoms. The Bertz CT molecular complexity index is 958. The molecule has 0 aromatic heterocycles. The van der Waals surface area contributed by atoms with E-state index in [2.05, 4.69) is 29.4 Å². The van der Waals surface area contributed by atoms with Gasteiger partial charge in [-0.05, 0) is 30.7 Å². The van der Waals surface area contributed by atoms with Crippen LogP contribution in [0.4, 0.5) is 10.1 Å². The highest BCUT2D eigenvalue weighted by molar-refractivity contribution is 6.51. The van der Waals surface area contributed by atoms with E-state index in [0.717, 1.165) is 33.9 Å². The Balaban J connectivity index is 2.02. The molecule has 3 rings (SSSR count). The average molecular weight is 364 g/mol. The fraction of sp³-hybridized carbons (Fsp3) is 0.286. The lowest BCUT2D eigenvalue weighted by molar-refractivity contribution is 0.325. The zero-order valence-electron chi connectivity index (χ0n) is 15.7. The maximum absolute atomic E-state index is 13.5. The quantitative estimate of drug-likeness (QED) is 0.793. The van der Waals surface area contributed by atoms with Crippen LogP contribution >= 0.6 is 0 Å². The van der Waals surface area contributed by atoms with Crippen LogP contribution in [0.15, 0.2) is 41.4 Å². The number of rotatable bonds is 5. The van der Waals surface area contributed by atoms with Crippen LogP contribution in [0, 0.1) is 11.7 Å². The van der Waals surface area contributed by atoms with E-state index in [-0.39, 0.29) is 11.7 Å². The number of halogens is 1. The summed E-state index contributed by atoms with van der Waals surface area (Å²) in [7, 11) is 2.03. The lowest BCUT2D eigenvalue weighted by atomic mass is 9.73. The van der Waals surface area contributed by atoms with Crippen LogP contribution in [0.3, 0.4) is 0 Å². The molecule has 1 unspecified atom stereocenters. The van der Waals surface area contributed by atoms with Crippen molar-refractivity contribution < 1.29 is 9.13 Å². The van der Waals surface area contributed by atoms with Gasteiger partial charge in [-0.15, -0.1) is 0 Å². The molecule has 2 aromatic rings. The number of hydrogen-bond donors (Lipinski definition) is 2. The van der Waals surface area contributed by atoms with Crippen LogP contribution < -0.4 is 31.7 Å². The topological polar surface area (TPSA) is 59.6 Å². The number of ether oxygens (including phenoxy) is 1. The largest absolute Gasteiger partial charge is 0.492 e. The maximum atomic E-state index is 13.5. The molecule has 2 aromatic carbocycles. The first-order chi connectivity index (χ1) is 13.1. The number of amidine groups is 1. The van der Waals surface area contributed by atoms with Gasteiger partial charge in [0.05, 0.1) is 0 Å². The first-order valence-electron chi connectivity index (χ1n) is 9.17. The molecule has 1 aliphatic rings. The Morgan fingerprint density at radius 1 is 1.33 bits per heavy atom. The molecule has 4 nitrogen and oxygen atoms in total. The smallest absolute Gasteiger partial charge is 0.148 e. The monoisotopic (exact) mass is 364 g/mol. The van der Waals surface area contributed by atoms with Crippen molar-refractivity contribution in [1.82, 2.24) is 0 Å². The van der Waals surface area contributed by atoms with E-state index < -0.39 is 0 Å². The van der Waals surface area contributed by atoms with Gasteiger partial charge in [-0.2, -0.15) is 0 Å². The second-order valence-corrected chi connectivity index (χ2v) is 6.57. The number of nitrogens with zero attached hydrogens (tertiary/aromatic N) is 1. The van der Waals surface area contributed by atoms with E-state index in [1.165, 1.54) is 12.1 Å². The van der Waals surface area contributed by atoms with Crippen molar-refractivity contribution in [1.29, 1.82) is 0 Å². The number of hydrogen-bond acceptors (Lipinski definition) is 4. The molecule has 0 saturated heterocycles. The van der Waals surface area contributed by atoms with Gasteiger partial charge >= 0.3 is 0 Å². The van der Waals surface area contributed by atoms with E-state index in [1.54, 1.807) is 6.07 Å². The number of anilines is 1. The van der Waals surface area contributed by atoms with E-state index >= 15 is 0 Å². The fourth-order valence-corrected chi connectivity index (χ4v) is 2.99. The number of aliphatic imine (C=N–C) groups is 1. The molecule has 0 aliphatic carbocycles. The molecule has 1 atom stereocenters. The molecule has 3 N–H and O–H groups in total. The Kier molecular flexibility index (Phi) is 6.30. The highest BCUT2D eigenvalue weighted by Crippen LogP contribution is 2.15. The van der Waals surface area contributed by atoms with Crippen LogP contribution in [-0.4, -0.2) is 26.3 Å². The third-order valence-electron chi connectivity index (χ3n) is 4.49. The van der Waals surface area contributed by atoms with Crippen molar-refractivity contribution in [3.05, 3.63) is 52.7 Å². The van der Waals surface area contributed by atoms with Crippen LogP contribution in [0.5, 0.6) is 5.75 Å². The molecule has 1 heterocycles. The Labute approximate surface area is 159 Å². The highest BCUT2D eigenvalue weighted by Gasteiger charge is 2.12. The van der Waals surface area contributed by atoms with Crippen LogP contribution in [0.1, 0.15) is 13.3 Å². The van der Waals surface area contributed by atoms with Crippen molar-refractivity contribution >= 4 is 36.5 Å². The van der Waals surface area contributed by atoms with Crippen molar-refractivity contribution in [3.8, 4) is 5.75 Å². The summed E-state index contributed by atoms with van der Waals surface area (Å²) < 4.78 is 19.3. The summed E-state index contributed by atoms with van der Waals surface area (Å²) in [5.41, 5.74) is 7.35. The summed E-state index contributed by atoms with van der Waals surface area (Å²) in [6, 6.07) is 10.5. The zero-order chi connectivity index (χ0) is 19.2. The normalized spacial score (nSPS) is 18.5. The Morgan fingerprint density at radius 3 is 2.93 bits per heavy atom. The van der Waals surface area contributed by atoms with Gasteiger partial charge < -0.3 is 15.8 Å². The summed E-state index contributed by atoms with van der Waals surface area (Å²) in [6.07, 6.45) is 4.80.